The lowest BCUT2D eigenvalue weighted by Gasteiger charge is -2.27. The van der Waals surface area contributed by atoms with E-state index in [0.29, 0.717) is 5.69 Å². The van der Waals surface area contributed by atoms with Crippen molar-refractivity contribution in [1.29, 1.82) is 0 Å². The van der Waals surface area contributed by atoms with E-state index in [0.717, 1.165) is 42.4 Å². The van der Waals surface area contributed by atoms with Gasteiger partial charge in [0.15, 0.2) is 0 Å². The van der Waals surface area contributed by atoms with Gasteiger partial charge in [0.25, 0.3) is 10.0 Å². The Balaban J connectivity index is 1.95. The van der Waals surface area contributed by atoms with Crippen molar-refractivity contribution in [3.05, 3.63) is 53.1 Å². The summed E-state index contributed by atoms with van der Waals surface area (Å²) in [6, 6.07) is 10.6. The number of carbonyl (C=O) groups is 1. The van der Waals surface area contributed by atoms with Gasteiger partial charge in [-0.05, 0) is 74.6 Å². The van der Waals surface area contributed by atoms with Crippen molar-refractivity contribution in [1.82, 2.24) is 5.32 Å². The van der Waals surface area contributed by atoms with Crippen molar-refractivity contribution in [2.75, 3.05) is 18.0 Å². The molecule has 0 saturated heterocycles. The summed E-state index contributed by atoms with van der Waals surface area (Å²) in [4.78, 5) is 13.2. The van der Waals surface area contributed by atoms with Gasteiger partial charge in [0.2, 0.25) is 5.91 Å². The Kier molecular flexibility index (Phi) is 8.40. The van der Waals surface area contributed by atoms with Crippen LogP contribution in [0.4, 0.5) is 5.69 Å². The Bertz CT molecular complexity index is 1070. The number of anilines is 1. The van der Waals surface area contributed by atoms with Crippen LogP contribution in [0.1, 0.15) is 61.6 Å². The monoisotopic (exact) mass is 472 g/mol. The van der Waals surface area contributed by atoms with Gasteiger partial charge < -0.3 is 10.1 Å². The molecular formula is C26H36N2O4S. The summed E-state index contributed by atoms with van der Waals surface area (Å²) in [7, 11) is -2.60. The van der Waals surface area contributed by atoms with Crippen molar-refractivity contribution in [3.8, 4) is 5.75 Å². The third-order valence-corrected chi connectivity index (χ3v) is 8.22. The van der Waals surface area contributed by atoms with Crippen molar-refractivity contribution in [3.63, 3.8) is 0 Å². The van der Waals surface area contributed by atoms with E-state index in [1.165, 1.54) is 30.7 Å². The zero-order valence-corrected chi connectivity index (χ0v) is 21.0. The van der Waals surface area contributed by atoms with Gasteiger partial charge in [0.05, 0.1) is 12.8 Å². The van der Waals surface area contributed by atoms with Crippen molar-refractivity contribution in [2.45, 2.75) is 76.7 Å². The third-order valence-electron chi connectivity index (χ3n) is 6.42. The first-order valence-corrected chi connectivity index (χ1v) is 13.2. The lowest BCUT2D eigenvalue weighted by Crippen LogP contribution is -2.44. The number of benzene rings is 2. The van der Waals surface area contributed by atoms with E-state index in [-0.39, 0.29) is 29.1 Å². The molecule has 1 aliphatic carbocycles. The van der Waals surface area contributed by atoms with Crippen LogP contribution in [0.3, 0.4) is 0 Å². The van der Waals surface area contributed by atoms with Crippen LogP contribution in [0.15, 0.2) is 41.3 Å². The molecule has 3 rings (SSSR count). The number of hydrogen-bond donors (Lipinski definition) is 1. The summed E-state index contributed by atoms with van der Waals surface area (Å²) >= 11 is 0. The molecule has 0 radical (unpaired) electrons. The fraction of sp³-hybridized carbons (Fsp3) is 0.500. The lowest BCUT2D eigenvalue weighted by atomic mass is 9.97. The topological polar surface area (TPSA) is 75.7 Å². The summed E-state index contributed by atoms with van der Waals surface area (Å²) < 4.78 is 34.3. The highest BCUT2D eigenvalue weighted by Crippen LogP contribution is 2.31. The minimum atomic E-state index is -4.05. The number of methoxy groups -OCH3 is 1. The Morgan fingerprint density at radius 1 is 0.970 bits per heavy atom. The van der Waals surface area contributed by atoms with Gasteiger partial charge in [0.1, 0.15) is 17.2 Å². The predicted molar refractivity (Wildman–Crippen MR) is 132 cm³/mol. The zero-order chi connectivity index (χ0) is 24.0. The van der Waals surface area contributed by atoms with Gasteiger partial charge in [-0.1, -0.05) is 44.2 Å². The molecule has 2 aromatic carbocycles. The molecule has 7 heteroatoms. The lowest BCUT2D eigenvalue weighted by molar-refractivity contribution is -0.120. The number of nitrogens with one attached hydrogen (secondary N) is 1. The molecule has 0 bridgehead atoms. The highest BCUT2D eigenvalue weighted by molar-refractivity contribution is 7.93. The average Bonchev–Trinajstić information content (AvgIpc) is 2.75. The molecule has 0 aromatic heterocycles. The molecule has 180 valence electrons. The fourth-order valence-corrected chi connectivity index (χ4v) is 5.96. The number of aryl methyl sites for hydroxylation is 3. The number of rotatable bonds is 7. The van der Waals surface area contributed by atoms with Crippen molar-refractivity contribution in [2.24, 2.45) is 0 Å². The predicted octanol–water partition coefficient (Wildman–Crippen LogP) is 5.04. The normalized spacial score (nSPS) is 15.4. The quantitative estimate of drug-likeness (QED) is 0.612. The molecule has 33 heavy (non-hydrogen) atoms. The molecule has 0 unspecified atom stereocenters. The van der Waals surface area contributed by atoms with Gasteiger partial charge >= 0.3 is 0 Å². The van der Waals surface area contributed by atoms with Gasteiger partial charge in [0, 0.05) is 6.04 Å². The van der Waals surface area contributed by atoms with Gasteiger partial charge in [-0.25, -0.2) is 8.42 Å². The van der Waals surface area contributed by atoms with E-state index in [4.69, 9.17) is 4.74 Å². The fourth-order valence-electron chi connectivity index (χ4n) is 4.30. The zero-order valence-electron chi connectivity index (χ0n) is 20.2. The van der Waals surface area contributed by atoms with E-state index in [2.05, 4.69) is 5.32 Å². The molecule has 1 N–H and O–H groups in total. The van der Waals surface area contributed by atoms with Crippen LogP contribution in [-0.4, -0.2) is 34.0 Å². The molecule has 1 saturated carbocycles. The molecule has 6 nitrogen and oxygen atoms in total. The highest BCUT2D eigenvalue weighted by atomic mass is 32.2. The molecular weight excluding hydrogens is 436 g/mol. The number of amides is 1. The first-order valence-electron chi connectivity index (χ1n) is 11.8. The Hall–Kier alpha value is -2.54. The molecule has 0 atom stereocenters. The van der Waals surface area contributed by atoms with Gasteiger partial charge in [-0.2, -0.15) is 0 Å². The maximum Gasteiger partial charge on any atom is 0.268 e. The molecule has 1 amide bonds. The molecule has 0 heterocycles. The SMILES string of the molecule is COc1ccc(C)cc1S(=O)(=O)N(CC(=O)NC1CCCCCCC1)c1ccc(C)c(C)c1. The smallest absolute Gasteiger partial charge is 0.268 e. The maximum absolute atomic E-state index is 13.9. The van der Waals surface area contributed by atoms with Crippen molar-refractivity contribution < 1.29 is 17.9 Å². The van der Waals surface area contributed by atoms with E-state index in [1.54, 1.807) is 24.3 Å². The van der Waals surface area contributed by atoms with Crippen LogP contribution in [0, 0.1) is 20.8 Å². The molecule has 1 aliphatic rings. The number of nitrogens with zero attached hydrogens (tertiary/aromatic N) is 1. The van der Waals surface area contributed by atoms with E-state index >= 15 is 0 Å². The second-order valence-corrected chi connectivity index (χ2v) is 10.9. The second-order valence-electron chi connectivity index (χ2n) is 9.04. The van der Waals surface area contributed by atoms with E-state index in [1.807, 2.05) is 32.9 Å². The van der Waals surface area contributed by atoms with E-state index in [9.17, 15) is 13.2 Å². The highest BCUT2D eigenvalue weighted by Gasteiger charge is 2.31. The third kappa shape index (κ3) is 6.28. The molecule has 0 spiro atoms. The Morgan fingerprint density at radius 3 is 2.27 bits per heavy atom. The molecule has 2 aromatic rings. The van der Waals surface area contributed by atoms with Crippen molar-refractivity contribution >= 4 is 21.6 Å². The van der Waals surface area contributed by atoms with Gasteiger partial charge in [-0.3, -0.25) is 9.10 Å². The standard InChI is InChI=1S/C26H36N2O4S/c1-19-12-15-24(32-4)25(16-19)33(30,31)28(23-14-13-20(2)21(3)17-23)18-26(29)27-22-10-8-6-5-7-9-11-22/h12-17,22H,5-11,18H2,1-4H3,(H,27,29). The molecule has 0 aliphatic heterocycles. The largest absolute Gasteiger partial charge is 0.495 e. The number of carbonyl (C=O) groups excluding carboxylic acids is 1. The second kappa shape index (κ2) is 11.1. The van der Waals surface area contributed by atoms with Crippen LogP contribution in [0.5, 0.6) is 5.75 Å². The summed E-state index contributed by atoms with van der Waals surface area (Å²) in [6.45, 7) is 5.47. The Labute approximate surface area is 198 Å². The maximum atomic E-state index is 13.9. The Morgan fingerprint density at radius 2 is 1.64 bits per heavy atom. The van der Waals surface area contributed by atoms with Crippen LogP contribution in [-0.2, 0) is 14.8 Å². The summed E-state index contributed by atoms with van der Waals surface area (Å²) in [5.74, 6) is -0.0242. The first kappa shape index (κ1) is 25.1. The number of sulfonamides is 1. The minimum absolute atomic E-state index is 0.0574. The summed E-state index contributed by atoms with van der Waals surface area (Å²) in [5, 5.41) is 3.10. The van der Waals surface area contributed by atoms with Crippen LogP contribution >= 0.6 is 0 Å². The van der Waals surface area contributed by atoms with Gasteiger partial charge in [-0.15, -0.1) is 0 Å². The number of ether oxygens (including phenoxy) is 1. The summed E-state index contributed by atoms with van der Waals surface area (Å²) in [5.41, 5.74) is 3.29. The van der Waals surface area contributed by atoms with E-state index < -0.39 is 10.0 Å². The number of hydrogen-bond acceptors (Lipinski definition) is 4. The van der Waals surface area contributed by atoms with Crippen LogP contribution in [0.25, 0.3) is 0 Å². The average molecular weight is 473 g/mol. The summed E-state index contributed by atoms with van der Waals surface area (Å²) in [6.07, 6.45) is 7.67. The van der Waals surface area contributed by atoms with Crippen LogP contribution < -0.4 is 14.4 Å². The molecule has 1 fully saturated rings. The minimum Gasteiger partial charge on any atom is -0.495 e. The first-order chi connectivity index (χ1) is 15.7. The van der Waals surface area contributed by atoms with Crippen LogP contribution in [0.2, 0.25) is 0 Å².